The molecule has 2 aromatic rings. The minimum absolute atomic E-state index is 0.101. The van der Waals surface area contributed by atoms with Crippen molar-refractivity contribution in [1.29, 1.82) is 5.26 Å². The number of nitrogens with zero attached hydrogens (tertiary/aromatic N) is 3. The number of aromatic nitrogens is 2. The molecule has 1 aromatic carbocycles. The minimum Gasteiger partial charge on any atom is -0.492 e. The fourth-order valence-electron chi connectivity index (χ4n) is 2.07. The van der Waals surface area contributed by atoms with Gasteiger partial charge in [-0.3, -0.25) is 0 Å². The molecule has 0 amide bonds. The summed E-state index contributed by atoms with van der Waals surface area (Å²) in [6.45, 7) is 0. The highest BCUT2D eigenvalue weighted by atomic mass is 32.2. The van der Waals surface area contributed by atoms with Crippen LogP contribution in [0.25, 0.3) is 0 Å². The van der Waals surface area contributed by atoms with Crippen LogP contribution in [0.2, 0.25) is 0 Å². The van der Waals surface area contributed by atoms with Gasteiger partial charge in [0.25, 0.3) is 0 Å². The molecule has 0 radical (unpaired) electrons. The van der Waals surface area contributed by atoms with Crippen molar-refractivity contribution in [2.45, 2.75) is 29.7 Å². The SMILES string of the molecule is N#Cc1c(O)nc(SCc2cccc(F)c2F)nc1C1CC1. The summed E-state index contributed by atoms with van der Waals surface area (Å²) in [6, 6.07) is 5.88. The first-order valence-corrected chi connectivity index (χ1v) is 7.65. The quantitative estimate of drug-likeness (QED) is 0.690. The molecule has 1 fully saturated rings. The minimum atomic E-state index is -0.902. The molecule has 0 unspecified atom stereocenters. The first-order valence-electron chi connectivity index (χ1n) is 6.67. The van der Waals surface area contributed by atoms with Crippen molar-refractivity contribution in [3.05, 3.63) is 46.7 Å². The van der Waals surface area contributed by atoms with E-state index in [-0.39, 0.29) is 33.8 Å². The van der Waals surface area contributed by atoms with Crippen LogP contribution in [0.4, 0.5) is 8.78 Å². The lowest BCUT2D eigenvalue weighted by Gasteiger charge is -2.07. The molecule has 112 valence electrons. The number of nitriles is 1. The predicted octanol–water partition coefficient (Wildman–Crippen LogP) is 3.50. The van der Waals surface area contributed by atoms with Crippen LogP contribution in [0.1, 0.15) is 35.6 Å². The number of hydrogen-bond acceptors (Lipinski definition) is 5. The topological polar surface area (TPSA) is 69.8 Å². The molecular weight excluding hydrogens is 308 g/mol. The van der Waals surface area contributed by atoms with Crippen LogP contribution in [-0.2, 0) is 5.75 Å². The molecule has 1 heterocycles. The molecule has 0 saturated heterocycles. The summed E-state index contributed by atoms with van der Waals surface area (Å²) in [6.07, 6.45) is 1.85. The van der Waals surface area contributed by atoms with Crippen molar-refractivity contribution in [3.8, 4) is 11.9 Å². The van der Waals surface area contributed by atoms with Crippen LogP contribution in [0, 0.1) is 23.0 Å². The van der Waals surface area contributed by atoms with Crippen molar-refractivity contribution in [3.63, 3.8) is 0 Å². The van der Waals surface area contributed by atoms with Gasteiger partial charge in [-0.05, 0) is 18.9 Å². The van der Waals surface area contributed by atoms with E-state index in [9.17, 15) is 13.9 Å². The Hall–Kier alpha value is -2.20. The summed E-state index contributed by atoms with van der Waals surface area (Å²) in [7, 11) is 0. The van der Waals surface area contributed by atoms with Gasteiger partial charge in [-0.1, -0.05) is 23.9 Å². The zero-order chi connectivity index (χ0) is 15.7. The van der Waals surface area contributed by atoms with Crippen LogP contribution in [0.15, 0.2) is 23.4 Å². The van der Waals surface area contributed by atoms with Gasteiger partial charge in [-0.25, -0.2) is 13.8 Å². The summed E-state index contributed by atoms with van der Waals surface area (Å²) in [4.78, 5) is 8.14. The maximum absolute atomic E-state index is 13.6. The van der Waals surface area contributed by atoms with Crippen LogP contribution < -0.4 is 0 Å². The third-order valence-electron chi connectivity index (χ3n) is 3.36. The lowest BCUT2D eigenvalue weighted by atomic mass is 10.2. The molecule has 22 heavy (non-hydrogen) atoms. The molecule has 1 aliphatic rings. The third-order valence-corrected chi connectivity index (χ3v) is 4.26. The van der Waals surface area contributed by atoms with Crippen LogP contribution >= 0.6 is 11.8 Å². The van der Waals surface area contributed by atoms with E-state index in [4.69, 9.17) is 5.26 Å². The first kappa shape index (κ1) is 14.7. The van der Waals surface area contributed by atoms with Crippen LogP contribution in [0.3, 0.4) is 0 Å². The highest BCUT2D eigenvalue weighted by Crippen LogP contribution is 2.42. The van der Waals surface area contributed by atoms with Crippen molar-refractivity contribution >= 4 is 11.8 Å². The van der Waals surface area contributed by atoms with Crippen molar-refractivity contribution < 1.29 is 13.9 Å². The maximum Gasteiger partial charge on any atom is 0.233 e. The molecule has 1 aromatic heterocycles. The number of halogens is 2. The number of thioether (sulfide) groups is 1. The van der Waals surface area contributed by atoms with E-state index in [0.29, 0.717) is 5.69 Å². The van der Waals surface area contributed by atoms with Crippen molar-refractivity contribution in [2.75, 3.05) is 0 Å². The molecule has 0 atom stereocenters. The Kier molecular flexibility index (Phi) is 3.94. The largest absolute Gasteiger partial charge is 0.492 e. The average molecular weight is 319 g/mol. The van der Waals surface area contributed by atoms with E-state index in [1.165, 1.54) is 12.1 Å². The Morgan fingerprint density at radius 2 is 2.09 bits per heavy atom. The summed E-state index contributed by atoms with van der Waals surface area (Å²) >= 11 is 1.09. The lowest BCUT2D eigenvalue weighted by molar-refractivity contribution is 0.441. The van der Waals surface area contributed by atoms with E-state index in [2.05, 4.69) is 9.97 Å². The maximum atomic E-state index is 13.6. The molecule has 3 rings (SSSR count). The highest BCUT2D eigenvalue weighted by molar-refractivity contribution is 7.98. The number of aromatic hydroxyl groups is 1. The van der Waals surface area contributed by atoms with Gasteiger partial charge in [-0.15, -0.1) is 0 Å². The summed E-state index contributed by atoms with van der Waals surface area (Å²) < 4.78 is 26.8. The predicted molar refractivity (Wildman–Crippen MR) is 76.3 cm³/mol. The Labute approximate surface area is 129 Å². The Morgan fingerprint density at radius 1 is 1.32 bits per heavy atom. The fraction of sp³-hybridized carbons (Fsp3) is 0.267. The van der Waals surface area contributed by atoms with Gasteiger partial charge >= 0.3 is 0 Å². The monoisotopic (exact) mass is 319 g/mol. The molecule has 1 saturated carbocycles. The molecule has 1 aliphatic carbocycles. The Bertz CT molecular complexity index is 772. The van der Waals surface area contributed by atoms with E-state index >= 15 is 0 Å². The molecule has 4 nitrogen and oxygen atoms in total. The molecular formula is C15H11F2N3OS. The van der Waals surface area contributed by atoms with Gasteiger partial charge in [0.1, 0.15) is 11.6 Å². The summed E-state index contributed by atoms with van der Waals surface area (Å²) in [5, 5.41) is 19.1. The van der Waals surface area contributed by atoms with E-state index < -0.39 is 11.6 Å². The van der Waals surface area contributed by atoms with Crippen molar-refractivity contribution in [1.82, 2.24) is 9.97 Å². The van der Waals surface area contributed by atoms with Crippen molar-refractivity contribution in [2.24, 2.45) is 0 Å². The molecule has 0 aliphatic heterocycles. The molecule has 7 heteroatoms. The van der Waals surface area contributed by atoms with Gasteiger partial charge in [0.2, 0.25) is 5.88 Å². The van der Waals surface area contributed by atoms with Gasteiger partial charge in [-0.2, -0.15) is 10.2 Å². The normalized spacial score (nSPS) is 13.9. The zero-order valence-electron chi connectivity index (χ0n) is 11.4. The van der Waals surface area contributed by atoms with E-state index in [1.54, 1.807) is 0 Å². The van der Waals surface area contributed by atoms with Gasteiger partial charge in [0.15, 0.2) is 16.8 Å². The highest BCUT2D eigenvalue weighted by Gasteiger charge is 2.30. The number of benzene rings is 1. The molecule has 0 bridgehead atoms. The number of hydrogen-bond donors (Lipinski definition) is 1. The van der Waals surface area contributed by atoms with Gasteiger partial charge in [0, 0.05) is 17.2 Å². The summed E-state index contributed by atoms with van der Waals surface area (Å²) in [5.74, 6) is -1.84. The first-order chi connectivity index (χ1) is 10.6. The zero-order valence-corrected chi connectivity index (χ0v) is 12.2. The smallest absolute Gasteiger partial charge is 0.233 e. The van der Waals surface area contributed by atoms with Gasteiger partial charge in [0.05, 0.1) is 5.69 Å². The summed E-state index contributed by atoms with van der Waals surface area (Å²) in [5.41, 5.74) is 0.839. The average Bonchev–Trinajstić information content (AvgIpc) is 3.33. The number of rotatable bonds is 4. The second-order valence-electron chi connectivity index (χ2n) is 4.98. The molecule has 1 N–H and O–H groups in total. The lowest BCUT2D eigenvalue weighted by Crippen LogP contribution is -1.99. The van der Waals surface area contributed by atoms with Gasteiger partial charge < -0.3 is 5.11 Å². The van der Waals surface area contributed by atoms with Crippen LogP contribution in [0.5, 0.6) is 5.88 Å². The fourth-order valence-corrected chi connectivity index (χ4v) is 2.89. The standard InChI is InChI=1S/C15H11F2N3OS/c16-11-3-1-2-9(12(11)17)7-22-15-19-13(8-4-5-8)10(6-18)14(21)20-15/h1-3,8H,4-5,7H2,(H,19,20,21). The second-order valence-corrected chi connectivity index (χ2v) is 5.92. The van der Waals surface area contributed by atoms with Crippen LogP contribution in [-0.4, -0.2) is 15.1 Å². The van der Waals surface area contributed by atoms with E-state index in [1.807, 2.05) is 6.07 Å². The van der Waals surface area contributed by atoms with E-state index in [0.717, 1.165) is 30.7 Å². The third kappa shape index (κ3) is 2.88. The Morgan fingerprint density at radius 3 is 2.77 bits per heavy atom. The molecule has 0 spiro atoms. The second kappa shape index (κ2) is 5.89. The Balaban J connectivity index is 1.84.